The van der Waals surface area contributed by atoms with Gasteiger partial charge in [0, 0.05) is 13.0 Å². The van der Waals surface area contributed by atoms with Crippen LogP contribution in [0.4, 0.5) is 5.69 Å². The first-order valence-corrected chi connectivity index (χ1v) is 11.0. The number of nitrogens with zero attached hydrogens (tertiary/aromatic N) is 1. The summed E-state index contributed by atoms with van der Waals surface area (Å²) < 4.78 is 0. The predicted octanol–water partition coefficient (Wildman–Crippen LogP) is 3.78. The Kier molecular flexibility index (Phi) is 7.47. The van der Waals surface area contributed by atoms with Crippen LogP contribution in [-0.2, 0) is 28.9 Å². The van der Waals surface area contributed by atoms with E-state index in [0.717, 1.165) is 36.1 Å². The molecule has 3 rings (SSSR count). The van der Waals surface area contributed by atoms with Crippen molar-refractivity contribution in [3.63, 3.8) is 0 Å². The Labute approximate surface area is 176 Å². The Morgan fingerprint density at radius 1 is 1.07 bits per heavy atom. The maximum Gasteiger partial charge on any atom is 0.240 e. The number of nitrogens with one attached hydrogen (secondary N) is 2. The molecule has 0 radical (unpaired) electrons. The van der Waals surface area contributed by atoms with Gasteiger partial charge in [-0.1, -0.05) is 74.1 Å². The van der Waals surface area contributed by atoms with Crippen LogP contribution in [0.25, 0.3) is 0 Å². The maximum atomic E-state index is 12.3. The number of hydrogen-bond donors (Lipinski definition) is 2. The average Bonchev–Trinajstić information content (AvgIpc) is 3.07. The van der Waals surface area contributed by atoms with E-state index in [1.165, 1.54) is 17.3 Å². The molecular weight excluding hydrogens is 382 g/mol. The number of hydrogen-bond acceptors (Lipinski definition) is 4. The third-order valence-electron chi connectivity index (χ3n) is 4.90. The van der Waals surface area contributed by atoms with Crippen molar-refractivity contribution in [2.24, 2.45) is 4.99 Å². The molecule has 0 aliphatic carbocycles. The average molecular weight is 410 g/mol. The number of para-hydroxylation sites is 1. The maximum absolute atomic E-state index is 12.3. The first kappa shape index (κ1) is 21.1. The van der Waals surface area contributed by atoms with E-state index in [1.807, 2.05) is 36.4 Å². The van der Waals surface area contributed by atoms with Crippen LogP contribution in [0.1, 0.15) is 37.0 Å². The van der Waals surface area contributed by atoms with Crippen LogP contribution in [0.3, 0.4) is 0 Å². The van der Waals surface area contributed by atoms with Crippen LogP contribution in [0.5, 0.6) is 0 Å². The number of amidine groups is 1. The molecule has 152 valence electrons. The molecule has 1 aliphatic rings. The van der Waals surface area contributed by atoms with Crippen molar-refractivity contribution in [1.29, 1.82) is 0 Å². The van der Waals surface area contributed by atoms with Crippen molar-refractivity contribution < 1.29 is 9.59 Å². The van der Waals surface area contributed by atoms with Gasteiger partial charge >= 0.3 is 0 Å². The van der Waals surface area contributed by atoms with E-state index in [0.29, 0.717) is 11.7 Å². The lowest BCUT2D eigenvalue weighted by Gasteiger charge is -2.09. The first-order chi connectivity index (χ1) is 14.1. The zero-order valence-electron chi connectivity index (χ0n) is 16.9. The minimum absolute atomic E-state index is 0.113. The quantitative estimate of drug-likeness (QED) is 0.697. The van der Waals surface area contributed by atoms with E-state index in [2.05, 4.69) is 36.6 Å². The molecular formula is C23H27N3O2S. The van der Waals surface area contributed by atoms with Gasteiger partial charge in [-0.3, -0.25) is 9.59 Å². The molecule has 1 aliphatic heterocycles. The Hall–Kier alpha value is -2.60. The summed E-state index contributed by atoms with van der Waals surface area (Å²) in [6.45, 7) is 4.76. The summed E-state index contributed by atoms with van der Waals surface area (Å²) in [5.74, 6) is -0.267. The SMILES string of the molecule is CCc1cccc(CC)c1N=C1NC(=O)C(CC(=O)NCCc2ccccc2)S1. The third kappa shape index (κ3) is 5.70. The van der Waals surface area contributed by atoms with Crippen molar-refractivity contribution in [2.45, 2.75) is 44.8 Å². The number of aryl methyl sites for hydroxylation is 2. The highest BCUT2D eigenvalue weighted by atomic mass is 32.2. The molecule has 0 aromatic heterocycles. The van der Waals surface area contributed by atoms with Gasteiger partial charge in [-0.15, -0.1) is 0 Å². The lowest BCUT2D eigenvalue weighted by molar-refractivity contribution is -0.125. The molecule has 2 N–H and O–H groups in total. The van der Waals surface area contributed by atoms with Crippen molar-refractivity contribution in [1.82, 2.24) is 10.6 Å². The standard InChI is InChI=1S/C23H27N3O2S/c1-3-17-11-8-12-18(4-2)21(17)25-23-26-22(28)19(29-23)15-20(27)24-14-13-16-9-6-5-7-10-16/h5-12,19H,3-4,13-15H2,1-2H3,(H,24,27)(H,25,26,28). The van der Waals surface area contributed by atoms with Gasteiger partial charge in [-0.05, 0) is 36.0 Å². The summed E-state index contributed by atoms with van der Waals surface area (Å²) in [4.78, 5) is 29.3. The Bertz CT molecular complexity index is 874. The van der Waals surface area contributed by atoms with Crippen LogP contribution in [0.2, 0.25) is 0 Å². The molecule has 1 saturated heterocycles. The zero-order valence-corrected chi connectivity index (χ0v) is 17.7. The molecule has 1 unspecified atom stereocenters. The van der Waals surface area contributed by atoms with Crippen molar-refractivity contribution in [2.75, 3.05) is 6.54 Å². The minimum Gasteiger partial charge on any atom is -0.356 e. The molecule has 0 saturated carbocycles. The number of carbonyl (C=O) groups excluding carboxylic acids is 2. The predicted molar refractivity (Wildman–Crippen MR) is 120 cm³/mol. The lowest BCUT2D eigenvalue weighted by Crippen LogP contribution is -2.32. The zero-order chi connectivity index (χ0) is 20.6. The number of amides is 2. The number of aliphatic imine (C=N–C) groups is 1. The molecule has 2 amide bonds. The van der Waals surface area contributed by atoms with E-state index in [-0.39, 0.29) is 18.2 Å². The van der Waals surface area contributed by atoms with Crippen molar-refractivity contribution in [3.05, 3.63) is 65.2 Å². The second-order valence-corrected chi connectivity index (χ2v) is 8.13. The fraction of sp³-hybridized carbons (Fsp3) is 0.348. The summed E-state index contributed by atoms with van der Waals surface area (Å²) in [6.07, 6.45) is 2.69. The molecule has 29 heavy (non-hydrogen) atoms. The molecule has 6 heteroatoms. The van der Waals surface area contributed by atoms with Crippen molar-refractivity contribution in [3.8, 4) is 0 Å². The largest absolute Gasteiger partial charge is 0.356 e. The molecule has 1 atom stereocenters. The first-order valence-electron chi connectivity index (χ1n) is 10.1. The van der Waals surface area contributed by atoms with Gasteiger partial charge < -0.3 is 10.6 Å². The molecule has 1 fully saturated rings. The smallest absolute Gasteiger partial charge is 0.240 e. The molecule has 2 aromatic carbocycles. The van der Waals surface area contributed by atoms with Crippen molar-refractivity contribution >= 4 is 34.4 Å². The number of thioether (sulfide) groups is 1. The normalized spacial score (nSPS) is 17.4. The van der Waals surface area contributed by atoms with E-state index < -0.39 is 5.25 Å². The summed E-state index contributed by atoms with van der Waals surface area (Å²) in [7, 11) is 0. The van der Waals surface area contributed by atoms with Gasteiger partial charge in [-0.25, -0.2) is 4.99 Å². The van der Waals surface area contributed by atoms with Gasteiger partial charge in [0.2, 0.25) is 11.8 Å². The highest BCUT2D eigenvalue weighted by Crippen LogP contribution is 2.30. The van der Waals surface area contributed by atoms with Crippen LogP contribution in [-0.4, -0.2) is 28.8 Å². The van der Waals surface area contributed by atoms with Gasteiger partial charge in [0.1, 0.15) is 5.25 Å². The molecule has 2 aromatic rings. The highest BCUT2D eigenvalue weighted by Gasteiger charge is 2.32. The van der Waals surface area contributed by atoms with Crippen LogP contribution in [0.15, 0.2) is 53.5 Å². The highest BCUT2D eigenvalue weighted by molar-refractivity contribution is 8.15. The second-order valence-electron chi connectivity index (χ2n) is 6.93. The van der Waals surface area contributed by atoms with E-state index in [4.69, 9.17) is 4.99 Å². The number of rotatable bonds is 8. The lowest BCUT2D eigenvalue weighted by atomic mass is 10.0. The molecule has 5 nitrogen and oxygen atoms in total. The molecule has 1 heterocycles. The fourth-order valence-corrected chi connectivity index (χ4v) is 4.26. The summed E-state index contributed by atoms with van der Waals surface area (Å²) >= 11 is 1.34. The summed E-state index contributed by atoms with van der Waals surface area (Å²) in [5.41, 5.74) is 4.44. The number of carbonyl (C=O) groups is 2. The summed E-state index contributed by atoms with van der Waals surface area (Å²) in [5, 5.41) is 5.88. The Morgan fingerprint density at radius 3 is 2.41 bits per heavy atom. The van der Waals surface area contributed by atoms with Gasteiger partial charge in [-0.2, -0.15) is 0 Å². The van der Waals surface area contributed by atoms with Gasteiger partial charge in [0.25, 0.3) is 0 Å². The summed E-state index contributed by atoms with van der Waals surface area (Å²) in [6, 6.07) is 16.2. The Morgan fingerprint density at radius 2 is 1.76 bits per heavy atom. The monoisotopic (exact) mass is 409 g/mol. The van der Waals surface area contributed by atoms with Gasteiger partial charge in [0.15, 0.2) is 5.17 Å². The van der Waals surface area contributed by atoms with E-state index >= 15 is 0 Å². The van der Waals surface area contributed by atoms with Crippen LogP contribution >= 0.6 is 11.8 Å². The van der Waals surface area contributed by atoms with Crippen LogP contribution in [0, 0.1) is 0 Å². The molecule has 0 spiro atoms. The molecule has 0 bridgehead atoms. The second kappa shape index (κ2) is 10.3. The van der Waals surface area contributed by atoms with Gasteiger partial charge in [0.05, 0.1) is 5.69 Å². The topological polar surface area (TPSA) is 70.6 Å². The van der Waals surface area contributed by atoms with E-state index in [9.17, 15) is 9.59 Å². The fourth-order valence-electron chi connectivity index (χ4n) is 3.28. The third-order valence-corrected chi connectivity index (χ3v) is 5.99. The number of benzene rings is 2. The van der Waals surface area contributed by atoms with Crippen LogP contribution < -0.4 is 10.6 Å². The minimum atomic E-state index is -0.440. The van der Waals surface area contributed by atoms with E-state index in [1.54, 1.807) is 0 Å². The Balaban J connectivity index is 1.58.